The van der Waals surface area contributed by atoms with Crippen molar-refractivity contribution in [3.8, 4) is 17.2 Å². The van der Waals surface area contributed by atoms with Crippen LogP contribution in [-0.2, 0) is 4.79 Å². The average molecular weight is 435 g/mol. The zero-order valence-corrected chi connectivity index (χ0v) is 19.4. The van der Waals surface area contributed by atoms with Gasteiger partial charge in [-0.1, -0.05) is 26.2 Å². The molecule has 1 amide bonds. The van der Waals surface area contributed by atoms with Crippen molar-refractivity contribution >= 4 is 5.91 Å². The monoisotopic (exact) mass is 434 g/mol. The number of amides is 1. The molecule has 1 saturated heterocycles. The highest BCUT2D eigenvalue weighted by molar-refractivity contribution is 5.78. The molecule has 1 heterocycles. The van der Waals surface area contributed by atoms with E-state index >= 15 is 0 Å². The molecule has 7 nitrogen and oxygen atoms in total. The molecule has 1 saturated carbocycles. The first-order valence-corrected chi connectivity index (χ1v) is 11.5. The van der Waals surface area contributed by atoms with Gasteiger partial charge in [0.1, 0.15) is 0 Å². The number of fused-ring (bicyclic) bond motifs is 1. The van der Waals surface area contributed by atoms with E-state index in [1.165, 1.54) is 0 Å². The maximum atomic E-state index is 12.7. The van der Waals surface area contributed by atoms with Crippen LogP contribution in [0.15, 0.2) is 12.1 Å². The first-order chi connectivity index (χ1) is 15.0. The summed E-state index contributed by atoms with van der Waals surface area (Å²) in [5, 5.41) is 14.5. The molecule has 7 heteroatoms. The van der Waals surface area contributed by atoms with E-state index in [1.54, 1.807) is 21.3 Å². The fourth-order valence-electron chi connectivity index (χ4n) is 5.28. The highest BCUT2D eigenvalue weighted by Crippen LogP contribution is 2.51. The molecule has 2 fully saturated rings. The molecule has 1 aromatic rings. The zero-order valence-electron chi connectivity index (χ0n) is 19.4. The predicted molar refractivity (Wildman–Crippen MR) is 120 cm³/mol. The van der Waals surface area contributed by atoms with Gasteiger partial charge >= 0.3 is 0 Å². The van der Waals surface area contributed by atoms with Gasteiger partial charge < -0.3 is 24.6 Å². The topological polar surface area (TPSA) is 80.3 Å². The predicted octanol–water partition coefficient (Wildman–Crippen LogP) is 3.30. The van der Waals surface area contributed by atoms with E-state index in [-0.39, 0.29) is 17.9 Å². The minimum Gasteiger partial charge on any atom is -0.493 e. The lowest BCUT2D eigenvalue weighted by Crippen LogP contribution is -2.56. The van der Waals surface area contributed by atoms with E-state index in [0.717, 1.165) is 44.1 Å². The van der Waals surface area contributed by atoms with Crippen molar-refractivity contribution in [3.63, 3.8) is 0 Å². The molecule has 1 aromatic carbocycles. The van der Waals surface area contributed by atoms with Crippen LogP contribution in [0.4, 0.5) is 0 Å². The molecule has 0 radical (unpaired) electrons. The molecule has 3 atom stereocenters. The van der Waals surface area contributed by atoms with Crippen molar-refractivity contribution in [1.29, 1.82) is 0 Å². The van der Waals surface area contributed by atoms with Gasteiger partial charge in [0.2, 0.25) is 11.7 Å². The van der Waals surface area contributed by atoms with E-state index in [9.17, 15) is 9.90 Å². The van der Waals surface area contributed by atoms with Gasteiger partial charge in [-0.05, 0) is 43.4 Å². The highest BCUT2D eigenvalue weighted by atomic mass is 16.5. The number of hydrogen-bond acceptors (Lipinski definition) is 6. The molecule has 174 valence electrons. The number of unbranched alkanes of at least 4 members (excludes halogenated alkanes) is 1. The summed E-state index contributed by atoms with van der Waals surface area (Å²) in [6, 6.07) is 3.84. The van der Waals surface area contributed by atoms with Crippen molar-refractivity contribution in [2.24, 2.45) is 5.92 Å². The number of methoxy groups -OCH3 is 3. The van der Waals surface area contributed by atoms with Crippen LogP contribution in [0.1, 0.15) is 63.5 Å². The minimum atomic E-state index is -0.696. The number of piperidine rings is 1. The third kappa shape index (κ3) is 5.09. The standard InChI is InChI=1S/C24H38N2O5/c1-5-6-12-25-21(27)16-26-13-11-24(28)10-8-7-9-18(24)22(26)17-14-19(29-2)23(31-4)20(15-17)30-3/h14-15,18,22,28H,5-13,16H2,1-4H3,(H,25,27)/t18-,22+,24+/m1/s1. The number of hydrogen-bond donors (Lipinski definition) is 2. The third-order valence-electron chi connectivity index (χ3n) is 6.90. The van der Waals surface area contributed by atoms with Crippen LogP contribution in [0, 0.1) is 5.92 Å². The Morgan fingerprint density at radius 1 is 1.16 bits per heavy atom. The first-order valence-electron chi connectivity index (χ1n) is 11.5. The van der Waals surface area contributed by atoms with E-state index in [1.807, 2.05) is 12.1 Å². The number of carbonyl (C=O) groups is 1. The fourth-order valence-corrected chi connectivity index (χ4v) is 5.28. The van der Waals surface area contributed by atoms with Gasteiger partial charge in [-0.15, -0.1) is 0 Å². The van der Waals surface area contributed by atoms with Crippen molar-refractivity contribution in [1.82, 2.24) is 10.2 Å². The van der Waals surface area contributed by atoms with Crippen molar-refractivity contribution in [2.45, 2.75) is 63.5 Å². The third-order valence-corrected chi connectivity index (χ3v) is 6.90. The SMILES string of the molecule is CCCCNC(=O)CN1CC[C@@]2(O)CCCC[C@@H]2[C@@H]1c1cc(OC)c(OC)c(OC)c1. The summed E-state index contributed by atoms with van der Waals surface area (Å²) in [5.41, 5.74) is 0.291. The Labute approximate surface area is 186 Å². The van der Waals surface area contributed by atoms with E-state index in [0.29, 0.717) is 43.3 Å². The smallest absolute Gasteiger partial charge is 0.234 e. The summed E-state index contributed by atoms with van der Waals surface area (Å²) in [7, 11) is 4.81. The Morgan fingerprint density at radius 3 is 2.48 bits per heavy atom. The van der Waals surface area contributed by atoms with Gasteiger partial charge in [0.15, 0.2) is 11.5 Å². The number of nitrogens with one attached hydrogen (secondary N) is 1. The molecule has 3 rings (SSSR count). The lowest BCUT2D eigenvalue weighted by Gasteiger charge is -2.52. The van der Waals surface area contributed by atoms with Crippen molar-refractivity contribution in [2.75, 3.05) is 41.0 Å². The second-order valence-corrected chi connectivity index (χ2v) is 8.78. The van der Waals surface area contributed by atoms with E-state index < -0.39 is 5.60 Å². The Bertz CT molecular complexity index is 730. The summed E-state index contributed by atoms with van der Waals surface area (Å²) in [4.78, 5) is 14.9. The van der Waals surface area contributed by atoms with Crippen LogP contribution in [0.3, 0.4) is 0 Å². The van der Waals surface area contributed by atoms with Crippen LogP contribution in [0.25, 0.3) is 0 Å². The van der Waals surface area contributed by atoms with Gasteiger partial charge in [0.05, 0.1) is 33.5 Å². The minimum absolute atomic E-state index is 0.0344. The first kappa shape index (κ1) is 23.7. The Kier molecular flexibility index (Phi) is 8.06. The van der Waals surface area contributed by atoms with Crippen LogP contribution >= 0.6 is 0 Å². The van der Waals surface area contributed by atoms with Crippen LogP contribution < -0.4 is 19.5 Å². The molecule has 2 N–H and O–H groups in total. The lowest BCUT2D eigenvalue weighted by molar-refractivity contribution is -0.137. The van der Waals surface area contributed by atoms with Crippen LogP contribution in [0.2, 0.25) is 0 Å². The second kappa shape index (κ2) is 10.6. The largest absolute Gasteiger partial charge is 0.493 e. The molecule has 0 spiro atoms. The average Bonchev–Trinajstić information content (AvgIpc) is 2.78. The molecule has 0 aromatic heterocycles. The number of carbonyl (C=O) groups excluding carboxylic acids is 1. The number of ether oxygens (including phenoxy) is 3. The number of likely N-dealkylation sites (tertiary alicyclic amines) is 1. The lowest BCUT2D eigenvalue weighted by atomic mass is 9.66. The molecular weight excluding hydrogens is 396 g/mol. The van der Waals surface area contributed by atoms with Gasteiger partial charge in [-0.2, -0.15) is 0 Å². The molecule has 0 bridgehead atoms. The number of benzene rings is 1. The number of rotatable bonds is 9. The van der Waals surface area contributed by atoms with Crippen LogP contribution in [-0.4, -0.2) is 62.5 Å². The number of nitrogens with zero attached hydrogens (tertiary/aromatic N) is 1. The molecular formula is C24H38N2O5. The quantitative estimate of drug-likeness (QED) is 0.581. The van der Waals surface area contributed by atoms with E-state index in [2.05, 4.69) is 17.1 Å². The van der Waals surface area contributed by atoms with Gasteiger partial charge in [-0.25, -0.2) is 0 Å². The molecule has 0 unspecified atom stereocenters. The fraction of sp³-hybridized carbons (Fsp3) is 0.708. The molecule has 1 aliphatic heterocycles. The summed E-state index contributed by atoms with van der Waals surface area (Å²) >= 11 is 0. The zero-order chi connectivity index (χ0) is 22.4. The molecule has 2 aliphatic rings. The Morgan fingerprint density at radius 2 is 1.87 bits per heavy atom. The van der Waals surface area contributed by atoms with Gasteiger partial charge in [-0.3, -0.25) is 9.69 Å². The van der Waals surface area contributed by atoms with Crippen molar-refractivity contribution < 1.29 is 24.1 Å². The normalized spacial score (nSPS) is 26.1. The summed E-state index contributed by atoms with van der Waals surface area (Å²) in [6.45, 7) is 3.81. The summed E-state index contributed by atoms with van der Waals surface area (Å²) < 4.78 is 16.7. The highest BCUT2D eigenvalue weighted by Gasteiger charge is 2.49. The maximum Gasteiger partial charge on any atom is 0.234 e. The summed E-state index contributed by atoms with van der Waals surface area (Å²) in [6.07, 6.45) is 6.61. The van der Waals surface area contributed by atoms with Crippen LogP contribution in [0.5, 0.6) is 17.2 Å². The maximum absolute atomic E-state index is 12.7. The molecule has 1 aliphatic carbocycles. The second-order valence-electron chi connectivity index (χ2n) is 8.78. The van der Waals surface area contributed by atoms with Gasteiger partial charge in [0, 0.05) is 25.0 Å². The molecule has 31 heavy (non-hydrogen) atoms. The van der Waals surface area contributed by atoms with Gasteiger partial charge in [0.25, 0.3) is 0 Å². The van der Waals surface area contributed by atoms with Crippen molar-refractivity contribution in [3.05, 3.63) is 17.7 Å². The summed E-state index contributed by atoms with van der Waals surface area (Å²) in [5.74, 6) is 1.82. The Hall–Kier alpha value is -1.99. The van der Waals surface area contributed by atoms with E-state index in [4.69, 9.17) is 14.2 Å². The number of aliphatic hydroxyl groups is 1. The Balaban J connectivity index is 1.96.